The summed E-state index contributed by atoms with van der Waals surface area (Å²) in [6.07, 6.45) is 2.37. The van der Waals surface area contributed by atoms with Gasteiger partial charge in [0.2, 0.25) is 6.41 Å². The van der Waals surface area contributed by atoms with Gasteiger partial charge in [0.15, 0.2) is 0 Å². The van der Waals surface area contributed by atoms with Crippen molar-refractivity contribution in [3.63, 3.8) is 0 Å². The highest BCUT2D eigenvalue weighted by atomic mass is 16.5. The molecule has 0 unspecified atom stereocenters. The van der Waals surface area contributed by atoms with Crippen molar-refractivity contribution in [1.82, 2.24) is 10.8 Å². The number of carbonyl (C=O) groups excluding carboxylic acids is 1. The Morgan fingerprint density at radius 1 is 1.04 bits per heavy atom. The number of hydroxylamine groups is 1. The molecule has 1 aliphatic heterocycles. The Morgan fingerprint density at radius 3 is 2.16 bits per heavy atom. The van der Waals surface area contributed by atoms with Crippen LogP contribution in [0.15, 0.2) is 54.6 Å². The lowest BCUT2D eigenvalue weighted by Crippen LogP contribution is -2.46. The van der Waals surface area contributed by atoms with Crippen LogP contribution in [0.1, 0.15) is 25.3 Å². The van der Waals surface area contributed by atoms with E-state index in [4.69, 9.17) is 14.7 Å². The number of benzene rings is 2. The average molecular weight is 342 g/mol. The quantitative estimate of drug-likeness (QED) is 0.443. The Labute approximate surface area is 149 Å². The smallest absolute Gasteiger partial charge is 0.230 e. The third-order valence-electron chi connectivity index (χ3n) is 4.43. The van der Waals surface area contributed by atoms with Gasteiger partial charge in [-0.25, -0.2) is 5.48 Å². The number of hydrogen-bond acceptors (Lipinski definition) is 4. The fourth-order valence-electron chi connectivity index (χ4n) is 2.76. The lowest BCUT2D eigenvalue weighted by molar-refractivity contribution is -0.116. The van der Waals surface area contributed by atoms with E-state index in [0.29, 0.717) is 0 Å². The van der Waals surface area contributed by atoms with E-state index >= 15 is 0 Å². The molecule has 0 saturated carbocycles. The number of carbonyl (C=O) groups is 1. The molecule has 2 aromatic rings. The zero-order valence-electron chi connectivity index (χ0n) is 14.6. The van der Waals surface area contributed by atoms with Crippen molar-refractivity contribution in [2.24, 2.45) is 0 Å². The molecule has 0 atom stereocenters. The van der Waals surface area contributed by atoms with Crippen molar-refractivity contribution in [1.29, 1.82) is 0 Å². The van der Waals surface area contributed by atoms with Crippen molar-refractivity contribution in [3.8, 4) is 11.1 Å². The maximum absolute atomic E-state index is 8.81. The summed E-state index contributed by atoms with van der Waals surface area (Å²) in [7, 11) is 0. The largest absolute Gasteiger partial charge is 0.381 e. The lowest BCUT2D eigenvalue weighted by atomic mass is 9.92. The molecular formula is C20H26N2O3. The zero-order valence-corrected chi connectivity index (χ0v) is 14.6. The van der Waals surface area contributed by atoms with Gasteiger partial charge in [0.25, 0.3) is 0 Å². The van der Waals surface area contributed by atoms with Crippen molar-refractivity contribution in [2.45, 2.75) is 31.8 Å². The minimum Gasteiger partial charge on any atom is -0.381 e. The molecule has 5 heteroatoms. The van der Waals surface area contributed by atoms with Crippen LogP contribution < -0.4 is 10.8 Å². The third-order valence-corrected chi connectivity index (χ3v) is 4.43. The Kier molecular flexibility index (Phi) is 7.60. The van der Waals surface area contributed by atoms with Gasteiger partial charge in [0, 0.05) is 25.3 Å². The maximum Gasteiger partial charge on any atom is 0.230 e. The molecular weight excluding hydrogens is 316 g/mol. The van der Waals surface area contributed by atoms with Crippen LogP contribution in [-0.2, 0) is 16.1 Å². The monoisotopic (exact) mass is 342 g/mol. The summed E-state index contributed by atoms with van der Waals surface area (Å²) in [5, 5.41) is 11.0. The highest BCUT2D eigenvalue weighted by Crippen LogP contribution is 2.22. The molecule has 1 saturated heterocycles. The van der Waals surface area contributed by atoms with Crippen LogP contribution in [-0.4, -0.2) is 30.4 Å². The minimum absolute atomic E-state index is 0.181. The first-order chi connectivity index (χ1) is 12.2. The molecule has 5 nitrogen and oxygen atoms in total. The molecule has 1 heterocycles. The van der Waals surface area contributed by atoms with Crippen molar-refractivity contribution >= 4 is 6.41 Å². The SMILES string of the molecule is CC1(NCc2ccc(-c3ccccc3)cc2)CCOCC1.O=CNO. The fraction of sp³-hybridized carbons (Fsp3) is 0.350. The Balaban J connectivity index is 0.000000511. The molecule has 1 amide bonds. The van der Waals surface area contributed by atoms with Gasteiger partial charge in [-0.1, -0.05) is 54.6 Å². The summed E-state index contributed by atoms with van der Waals surface area (Å²) in [6, 6.07) is 19.4. The summed E-state index contributed by atoms with van der Waals surface area (Å²) in [5.41, 5.74) is 5.35. The summed E-state index contributed by atoms with van der Waals surface area (Å²) >= 11 is 0. The normalized spacial score (nSPS) is 15.6. The molecule has 0 aliphatic carbocycles. The van der Waals surface area contributed by atoms with Crippen LogP contribution in [0.25, 0.3) is 11.1 Å². The van der Waals surface area contributed by atoms with Gasteiger partial charge in [0.05, 0.1) is 0 Å². The zero-order chi connectivity index (χ0) is 18.0. The number of nitrogens with one attached hydrogen (secondary N) is 2. The van der Waals surface area contributed by atoms with Gasteiger partial charge in [-0.15, -0.1) is 0 Å². The number of hydrogen-bond donors (Lipinski definition) is 3. The first kappa shape index (κ1) is 19.1. The lowest BCUT2D eigenvalue weighted by Gasteiger charge is -2.34. The van der Waals surface area contributed by atoms with Crippen LogP contribution >= 0.6 is 0 Å². The Bertz CT molecular complexity index is 623. The highest BCUT2D eigenvalue weighted by molar-refractivity contribution is 5.63. The second kappa shape index (κ2) is 9.93. The van der Waals surface area contributed by atoms with E-state index in [1.807, 2.05) is 0 Å². The van der Waals surface area contributed by atoms with E-state index in [1.54, 1.807) is 0 Å². The van der Waals surface area contributed by atoms with Crippen LogP contribution in [0, 0.1) is 0 Å². The van der Waals surface area contributed by atoms with Crippen LogP contribution in [0.3, 0.4) is 0 Å². The predicted molar refractivity (Wildman–Crippen MR) is 98.2 cm³/mol. The van der Waals surface area contributed by atoms with E-state index in [0.717, 1.165) is 32.6 Å². The number of amides is 1. The van der Waals surface area contributed by atoms with E-state index in [1.165, 1.54) is 22.2 Å². The van der Waals surface area contributed by atoms with Crippen molar-refractivity contribution < 1.29 is 14.7 Å². The maximum atomic E-state index is 8.81. The second-order valence-corrected chi connectivity index (χ2v) is 6.34. The topological polar surface area (TPSA) is 70.6 Å². The summed E-state index contributed by atoms with van der Waals surface area (Å²) in [5.74, 6) is 0. The number of rotatable bonds is 5. The molecule has 1 fully saturated rings. The fourth-order valence-corrected chi connectivity index (χ4v) is 2.76. The van der Waals surface area contributed by atoms with E-state index in [-0.39, 0.29) is 11.9 Å². The molecule has 1 aliphatic rings. The van der Waals surface area contributed by atoms with Gasteiger partial charge in [-0.05, 0) is 36.5 Å². The molecule has 25 heavy (non-hydrogen) atoms. The highest BCUT2D eigenvalue weighted by Gasteiger charge is 2.26. The van der Waals surface area contributed by atoms with Crippen molar-refractivity contribution in [3.05, 3.63) is 60.2 Å². The van der Waals surface area contributed by atoms with E-state index in [9.17, 15) is 0 Å². The molecule has 3 rings (SSSR count). The summed E-state index contributed by atoms with van der Waals surface area (Å²) in [4.78, 5) is 8.81. The van der Waals surface area contributed by atoms with Gasteiger partial charge in [0.1, 0.15) is 0 Å². The molecule has 0 aromatic heterocycles. The molecule has 0 bridgehead atoms. The van der Waals surface area contributed by atoms with Gasteiger partial charge in [-0.3, -0.25) is 10.0 Å². The Morgan fingerprint density at radius 2 is 1.60 bits per heavy atom. The average Bonchev–Trinajstić information content (AvgIpc) is 2.68. The minimum atomic E-state index is 0.181. The first-order valence-corrected chi connectivity index (χ1v) is 8.47. The van der Waals surface area contributed by atoms with Gasteiger partial charge in [-0.2, -0.15) is 0 Å². The molecule has 134 valence electrons. The second-order valence-electron chi connectivity index (χ2n) is 6.34. The van der Waals surface area contributed by atoms with Gasteiger partial charge < -0.3 is 10.1 Å². The van der Waals surface area contributed by atoms with Crippen LogP contribution in [0.2, 0.25) is 0 Å². The van der Waals surface area contributed by atoms with Crippen molar-refractivity contribution in [2.75, 3.05) is 13.2 Å². The molecule has 0 spiro atoms. The van der Waals surface area contributed by atoms with E-state index in [2.05, 4.69) is 66.8 Å². The Hall–Kier alpha value is -2.21. The number of ether oxygens (including phenoxy) is 1. The molecule has 3 N–H and O–H groups in total. The summed E-state index contributed by atoms with van der Waals surface area (Å²) in [6.45, 7) is 4.96. The third kappa shape index (κ3) is 6.31. The van der Waals surface area contributed by atoms with Crippen LogP contribution in [0.5, 0.6) is 0 Å². The summed E-state index contributed by atoms with van der Waals surface area (Å²) < 4.78 is 5.44. The van der Waals surface area contributed by atoms with Crippen LogP contribution in [0.4, 0.5) is 0 Å². The molecule has 2 aromatic carbocycles. The predicted octanol–water partition coefficient (Wildman–Crippen LogP) is 3.13. The van der Waals surface area contributed by atoms with E-state index < -0.39 is 0 Å². The molecule has 0 radical (unpaired) electrons. The first-order valence-electron chi connectivity index (χ1n) is 8.47. The van der Waals surface area contributed by atoms with Gasteiger partial charge >= 0.3 is 0 Å². The standard InChI is InChI=1S/C19H23NO.CH3NO2/c1-19(11-13-21-14-12-19)20-15-16-7-9-18(10-8-16)17-5-3-2-4-6-17;3-1-2-4/h2-10,20H,11-15H2,1H3;1,4H,(H,2,3).